The van der Waals surface area contributed by atoms with E-state index < -0.39 is 6.10 Å². The van der Waals surface area contributed by atoms with E-state index in [1.807, 2.05) is 13.0 Å². The lowest BCUT2D eigenvalue weighted by Gasteiger charge is -2.37. The van der Waals surface area contributed by atoms with Crippen LogP contribution in [-0.4, -0.2) is 65.1 Å². The molecule has 2 fully saturated rings. The van der Waals surface area contributed by atoms with Crippen LogP contribution in [0.1, 0.15) is 36.5 Å². The normalized spacial score (nSPS) is 22.1. The first-order valence-corrected chi connectivity index (χ1v) is 8.58. The quantitative estimate of drug-likeness (QED) is 0.902. The Morgan fingerprint density at radius 1 is 1.29 bits per heavy atom. The van der Waals surface area contributed by atoms with E-state index in [1.54, 1.807) is 23.1 Å². The van der Waals surface area contributed by atoms with Gasteiger partial charge in [0, 0.05) is 19.1 Å². The van der Waals surface area contributed by atoms with Crippen LogP contribution in [0.3, 0.4) is 0 Å². The maximum atomic E-state index is 12.9. The van der Waals surface area contributed by atoms with E-state index in [0.717, 1.165) is 19.3 Å². The molecule has 130 valence electrons. The number of benzene rings is 1. The zero-order valence-corrected chi connectivity index (χ0v) is 14.0. The number of aliphatic hydroxyl groups excluding tert-OH is 1. The first kappa shape index (κ1) is 16.8. The SMILES string of the molecule is CCOc1ccccc1C(=O)N1CC(=O)N(C2CCC2)CC(O)C1. The standard InChI is InChI=1S/C18H24N2O4/c1-2-24-16-9-4-3-8-15(16)18(23)19-10-14(21)11-20(17(22)12-19)13-6-5-7-13/h3-4,8-9,13-14,21H,2,5-7,10-12H2,1H3. The smallest absolute Gasteiger partial charge is 0.258 e. The molecular weight excluding hydrogens is 308 g/mol. The largest absolute Gasteiger partial charge is 0.493 e. The summed E-state index contributed by atoms with van der Waals surface area (Å²) in [6, 6.07) is 7.24. The third-order valence-corrected chi connectivity index (χ3v) is 4.71. The molecule has 1 saturated carbocycles. The highest BCUT2D eigenvalue weighted by Crippen LogP contribution is 2.27. The van der Waals surface area contributed by atoms with Crippen LogP contribution in [0.4, 0.5) is 0 Å². The Morgan fingerprint density at radius 3 is 2.71 bits per heavy atom. The van der Waals surface area contributed by atoms with Crippen molar-refractivity contribution in [2.24, 2.45) is 0 Å². The summed E-state index contributed by atoms with van der Waals surface area (Å²) in [7, 11) is 0. The van der Waals surface area contributed by atoms with Gasteiger partial charge in [0.15, 0.2) is 0 Å². The summed E-state index contributed by atoms with van der Waals surface area (Å²) in [6.45, 7) is 2.79. The fourth-order valence-corrected chi connectivity index (χ4v) is 3.26. The van der Waals surface area contributed by atoms with Gasteiger partial charge in [0.2, 0.25) is 5.91 Å². The first-order valence-electron chi connectivity index (χ1n) is 8.58. The molecule has 0 bridgehead atoms. The van der Waals surface area contributed by atoms with Gasteiger partial charge in [0.25, 0.3) is 5.91 Å². The molecule has 2 aliphatic rings. The third-order valence-electron chi connectivity index (χ3n) is 4.71. The third kappa shape index (κ3) is 3.38. The van der Waals surface area contributed by atoms with Crippen molar-refractivity contribution in [1.82, 2.24) is 9.80 Å². The summed E-state index contributed by atoms with van der Waals surface area (Å²) in [6.07, 6.45) is 2.37. The molecule has 1 unspecified atom stereocenters. The van der Waals surface area contributed by atoms with E-state index in [-0.39, 0.29) is 30.9 Å². The van der Waals surface area contributed by atoms with Crippen molar-refractivity contribution in [3.8, 4) is 5.75 Å². The van der Waals surface area contributed by atoms with Crippen LogP contribution >= 0.6 is 0 Å². The van der Waals surface area contributed by atoms with E-state index in [4.69, 9.17) is 4.74 Å². The molecule has 6 nitrogen and oxygen atoms in total. The van der Waals surface area contributed by atoms with Crippen LogP contribution in [0.5, 0.6) is 5.75 Å². The predicted octanol–water partition coefficient (Wildman–Crippen LogP) is 1.28. The lowest BCUT2D eigenvalue weighted by atomic mass is 9.91. The van der Waals surface area contributed by atoms with E-state index in [0.29, 0.717) is 24.5 Å². The summed E-state index contributed by atoms with van der Waals surface area (Å²) in [4.78, 5) is 28.6. The summed E-state index contributed by atoms with van der Waals surface area (Å²) in [5.74, 6) is 0.146. The Bertz CT molecular complexity index is 615. The molecule has 6 heteroatoms. The molecule has 1 N–H and O–H groups in total. The minimum absolute atomic E-state index is 0.00680. The Labute approximate surface area is 142 Å². The van der Waals surface area contributed by atoms with Crippen LogP contribution in [-0.2, 0) is 4.79 Å². The van der Waals surface area contributed by atoms with Gasteiger partial charge in [0.05, 0.1) is 18.3 Å². The Morgan fingerprint density at radius 2 is 2.04 bits per heavy atom. The maximum absolute atomic E-state index is 12.9. The number of carbonyl (C=O) groups excluding carboxylic acids is 2. The first-order chi connectivity index (χ1) is 11.6. The number of β-amino-alcohol motifs (C(OH)–C–C–N with tert-alkyl or cyclic N) is 1. The zero-order chi connectivity index (χ0) is 17.1. The molecule has 1 aliphatic heterocycles. The van der Waals surface area contributed by atoms with Crippen molar-refractivity contribution in [3.63, 3.8) is 0 Å². The minimum Gasteiger partial charge on any atom is -0.493 e. The zero-order valence-electron chi connectivity index (χ0n) is 14.0. The molecule has 1 atom stereocenters. The van der Waals surface area contributed by atoms with Crippen LogP contribution in [0, 0.1) is 0 Å². The van der Waals surface area contributed by atoms with Crippen molar-refractivity contribution < 1.29 is 19.4 Å². The van der Waals surface area contributed by atoms with E-state index >= 15 is 0 Å². The second kappa shape index (κ2) is 7.21. The summed E-state index contributed by atoms with van der Waals surface area (Å²) < 4.78 is 5.51. The van der Waals surface area contributed by atoms with Gasteiger partial charge in [-0.15, -0.1) is 0 Å². The molecular formula is C18H24N2O4. The van der Waals surface area contributed by atoms with Crippen molar-refractivity contribution in [2.75, 3.05) is 26.2 Å². The van der Waals surface area contributed by atoms with Gasteiger partial charge in [-0.3, -0.25) is 9.59 Å². The van der Waals surface area contributed by atoms with Crippen LogP contribution in [0.2, 0.25) is 0 Å². The monoisotopic (exact) mass is 332 g/mol. The average Bonchev–Trinajstić information content (AvgIpc) is 2.65. The van der Waals surface area contributed by atoms with E-state index in [2.05, 4.69) is 0 Å². The molecule has 1 saturated heterocycles. The maximum Gasteiger partial charge on any atom is 0.258 e. The molecule has 3 rings (SSSR count). The lowest BCUT2D eigenvalue weighted by molar-refractivity contribution is -0.135. The van der Waals surface area contributed by atoms with Gasteiger partial charge in [0.1, 0.15) is 12.3 Å². The van der Waals surface area contributed by atoms with Gasteiger partial charge in [-0.25, -0.2) is 0 Å². The number of rotatable bonds is 4. The van der Waals surface area contributed by atoms with E-state index in [9.17, 15) is 14.7 Å². The topological polar surface area (TPSA) is 70.1 Å². The van der Waals surface area contributed by atoms with Crippen molar-refractivity contribution in [1.29, 1.82) is 0 Å². The number of aliphatic hydroxyl groups is 1. The highest BCUT2D eigenvalue weighted by molar-refractivity contribution is 5.99. The predicted molar refractivity (Wildman–Crippen MR) is 88.9 cm³/mol. The summed E-state index contributed by atoms with van der Waals surface area (Å²) in [5, 5.41) is 10.3. The van der Waals surface area contributed by atoms with Crippen molar-refractivity contribution in [2.45, 2.75) is 38.3 Å². The fourth-order valence-electron chi connectivity index (χ4n) is 3.26. The summed E-state index contributed by atoms with van der Waals surface area (Å²) in [5.41, 5.74) is 0.427. The number of hydrogen-bond acceptors (Lipinski definition) is 4. The van der Waals surface area contributed by atoms with Crippen LogP contribution < -0.4 is 4.74 Å². The highest BCUT2D eigenvalue weighted by Gasteiger charge is 2.36. The summed E-state index contributed by atoms with van der Waals surface area (Å²) >= 11 is 0. The molecule has 1 aliphatic carbocycles. The van der Waals surface area contributed by atoms with Crippen LogP contribution in [0.25, 0.3) is 0 Å². The van der Waals surface area contributed by atoms with Gasteiger partial charge in [-0.05, 0) is 38.3 Å². The highest BCUT2D eigenvalue weighted by atomic mass is 16.5. The second-order valence-electron chi connectivity index (χ2n) is 6.40. The molecule has 0 aromatic heterocycles. The molecule has 2 amide bonds. The fraction of sp³-hybridized carbons (Fsp3) is 0.556. The van der Waals surface area contributed by atoms with Gasteiger partial charge in [-0.1, -0.05) is 12.1 Å². The lowest BCUT2D eigenvalue weighted by Crippen LogP contribution is -2.47. The van der Waals surface area contributed by atoms with Gasteiger partial charge in [-0.2, -0.15) is 0 Å². The number of ether oxygens (including phenoxy) is 1. The molecule has 0 radical (unpaired) electrons. The Balaban J connectivity index is 1.78. The number of hydrogen-bond donors (Lipinski definition) is 1. The van der Waals surface area contributed by atoms with Gasteiger partial charge < -0.3 is 19.6 Å². The minimum atomic E-state index is -0.722. The van der Waals surface area contributed by atoms with Crippen molar-refractivity contribution >= 4 is 11.8 Å². The molecule has 1 aromatic rings. The number of nitrogens with zero attached hydrogens (tertiary/aromatic N) is 2. The molecule has 1 aromatic carbocycles. The number of para-hydroxylation sites is 1. The molecule has 24 heavy (non-hydrogen) atoms. The number of carbonyl (C=O) groups is 2. The average molecular weight is 332 g/mol. The molecule has 0 spiro atoms. The Hall–Kier alpha value is -2.08. The van der Waals surface area contributed by atoms with Crippen LogP contribution in [0.15, 0.2) is 24.3 Å². The van der Waals surface area contributed by atoms with Crippen molar-refractivity contribution in [3.05, 3.63) is 29.8 Å². The number of amides is 2. The van der Waals surface area contributed by atoms with Gasteiger partial charge >= 0.3 is 0 Å². The second-order valence-corrected chi connectivity index (χ2v) is 6.40. The van der Waals surface area contributed by atoms with E-state index in [1.165, 1.54) is 4.90 Å². The molecule has 1 heterocycles. The Kier molecular flexibility index (Phi) is 5.04.